The normalized spacial score (nSPS) is 10.5. The lowest BCUT2D eigenvalue weighted by atomic mass is 10.2. The molecule has 0 aliphatic rings. The number of para-hydroxylation sites is 1. The van der Waals surface area contributed by atoms with Crippen molar-refractivity contribution in [2.45, 2.75) is 9.79 Å². The number of anilines is 2. The Bertz CT molecular complexity index is 979. The first-order chi connectivity index (χ1) is 12.7. The molecule has 0 fully saturated rings. The summed E-state index contributed by atoms with van der Waals surface area (Å²) in [6, 6.07) is 18.0. The van der Waals surface area contributed by atoms with Crippen LogP contribution < -0.4 is 11.5 Å². The molecule has 0 unspecified atom stereocenters. The highest BCUT2D eigenvalue weighted by Crippen LogP contribution is 2.22. The van der Waals surface area contributed by atoms with Gasteiger partial charge in [0.1, 0.15) is 11.3 Å². The quantitative estimate of drug-likeness (QED) is 0.507. The SMILES string of the molecule is Nc1ccc(S(=O)(=O)c2ccc(N)cc2)cc1.O=C(O)c1ccccc1O. The molecule has 0 heterocycles. The van der Waals surface area contributed by atoms with Crippen LogP contribution in [0.1, 0.15) is 10.4 Å². The average Bonchev–Trinajstić information content (AvgIpc) is 2.63. The van der Waals surface area contributed by atoms with Crippen LogP contribution in [0.15, 0.2) is 82.6 Å². The number of sulfone groups is 1. The Balaban J connectivity index is 0.000000223. The molecule has 0 aliphatic carbocycles. The van der Waals surface area contributed by atoms with Crippen molar-refractivity contribution in [1.29, 1.82) is 0 Å². The van der Waals surface area contributed by atoms with Crippen molar-refractivity contribution in [2.75, 3.05) is 11.5 Å². The molecule has 0 atom stereocenters. The highest BCUT2D eigenvalue weighted by Gasteiger charge is 2.16. The Morgan fingerprint density at radius 3 is 1.48 bits per heavy atom. The van der Waals surface area contributed by atoms with Crippen molar-refractivity contribution >= 4 is 27.2 Å². The van der Waals surface area contributed by atoms with E-state index in [-0.39, 0.29) is 21.1 Å². The van der Waals surface area contributed by atoms with Gasteiger partial charge in [-0.2, -0.15) is 0 Å². The minimum atomic E-state index is -3.48. The number of rotatable bonds is 3. The van der Waals surface area contributed by atoms with E-state index in [4.69, 9.17) is 21.7 Å². The van der Waals surface area contributed by atoms with Gasteiger partial charge >= 0.3 is 5.97 Å². The molecule has 0 saturated heterocycles. The number of aromatic hydroxyl groups is 1. The molecule has 0 radical (unpaired) electrons. The maximum absolute atomic E-state index is 12.2. The highest BCUT2D eigenvalue weighted by atomic mass is 32.2. The molecule has 0 bridgehead atoms. The van der Waals surface area contributed by atoms with Gasteiger partial charge in [0.25, 0.3) is 0 Å². The summed E-state index contributed by atoms with van der Waals surface area (Å²) in [5.74, 6) is -1.31. The van der Waals surface area contributed by atoms with E-state index >= 15 is 0 Å². The summed E-state index contributed by atoms with van der Waals surface area (Å²) in [7, 11) is -3.48. The fraction of sp³-hybridized carbons (Fsp3) is 0. The number of nitrogen functional groups attached to an aromatic ring is 2. The fourth-order valence-corrected chi connectivity index (χ4v) is 3.35. The van der Waals surface area contributed by atoms with Crippen molar-refractivity contribution in [3.8, 4) is 5.75 Å². The van der Waals surface area contributed by atoms with Crippen molar-refractivity contribution < 1.29 is 23.4 Å². The Labute approximate surface area is 156 Å². The summed E-state index contributed by atoms with van der Waals surface area (Å²) in [4.78, 5) is 10.7. The molecule has 0 aromatic heterocycles. The lowest BCUT2D eigenvalue weighted by Crippen LogP contribution is -2.02. The number of hydrogen-bond donors (Lipinski definition) is 4. The molecule has 7 nitrogen and oxygen atoms in total. The van der Waals surface area contributed by atoms with Crippen molar-refractivity contribution in [1.82, 2.24) is 0 Å². The second-order valence-corrected chi connectivity index (χ2v) is 7.41. The van der Waals surface area contributed by atoms with Crippen LogP contribution in [0.3, 0.4) is 0 Å². The minimum Gasteiger partial charge on any atom is -0.507 e. The van der Waals surface area contributed by atoms with Crippen LogP contribution in [0.2, 0.25) is 0 Å². The Hall–Kier alpha value is -3.52. The molecule has 27 heavy (non-hydrogen) atoms. The van der Waals surface area contributed by atoms with Crippen LogP contribution in [0.5, 0.6) is 5.75 Å². The van der Waals surface area contributed by atoms with Crippen molar-refractivity contribution in [2.24, 2.45) is 0 Å². The van der Waals surface area contributed by atoms with E-state index in [0.717, 1.165) is 0 Å². The molecule has 0 amide bonds. The Kier molecular flexibility index (Phi) is 6.04. The predicted octanol–water partition coefficient (Wildman–Crippen LogP) is 2.77. The first-order valence-corrected chi connectivity index (χ1v) is 9.17. The molecule has 0 spiro atoms. The topological polar surface area (TPSA) is 144 Å². The fourth-order valence-electron chi connectivity index (χ4n) is 2.08. The second-order valence-electron chi connectivity index (χ2n) is 5.46. The van der Waals surface area contributed by atoms with E-state index < -0.39 is 15.8 Å². The number of carbonyl (C=O) groups is 1. The summed E-state index contributed by atoms with van der Waals surface area (Å²) < 4.78 is 24.3. The second kappa shape index (κ2) is 8.24. The summed E-state index contributed by atoms with van der Waals surface area (Å²) in [6.07, 6.45) is 0. The van der Waals surface area contributed by atoms with E-state index in [2.05, 4.69) is 0 Å². The summed E-state index contributed by atoms with van der Waals surface area (Å²) >= 11 is 0. The zero-order valence-electron chi connectivity index (χ0n) is 14.1. The van der Waals surface area contributed by atoms with Crippen LogP contribution in [-0.4, -0.2) is 24.6 Å². The monoisotopic (exact) mass is 386 g/mol. The molecule has 0 saturated carbocycles. The van der Waals surface area contributed by atoms with E-state index in [1.807, 2.05) is 0 Å². The van der Waals surface area contributed by atoms with Crippen LogP contribution >= 0.6 is 0 Å². The molecule has 3 aromatic carbocycles. The zero-order chi connectivity index (χ0) is 20.0. The van der Waals surface area contributed by atoms with E-state index in [0.29, 0.717) is 11.4 Å². The number of hydrogen-bond acceptors (Lipinski definition) is 6. The average molecular weight is 386 g/mol. The number of benzene rings is 3. The highest BCUT2D eigenvalue weighted by molar-refractivity contribution is 7.91. The van der Waals surface area contributed by atoms with Gasteiger partial charge < -0.3 is 21.7 Å². The molecular formula is C19H18N2O5S. The van der Waals surface area contributed by atoms with Crippen LogP contribution in [0, 0.1) is 0 Å². The number of phenols is 1. The number of carboxylic acids is 1. The zero-order valence-corrected chi connectivity index (χ0v) is 14.9. The van der Waals surface area contributed by atoms with Gasteiger partial charge in [-0.25, -0.2) is 13.2 Å². The van der Waals surface area contributed by atoms with Gasteiger partial charge in [-0.05, 0) is 60.7 Å². The summed E-state index contributed by atoms with van der Waals surface area (Å²) in [5.41, 5.74) is 12.0. The number of carboxylic acid groups (broad SMARTS) is 1. The Morgan fingerprint density at radius 2 is 1.15 bits per heavy atom. The van der Waals surface area contributed by atoms with Gasteiger partial charge in [0, 0.05) is 11.4 Å². The molecular weight excluding hydrogens is 368 g/mol. The molecule has 6 N–H and O–H groups in total. The van der Waals surface area contributed by atoms with Crippen LogP contribution in [0.4, 0.5) is 11.4 Å². The predicted molar refractivity (Wildman–Crippen MR) is 102 cm³/mol. The van der Waals surface area contributed by atoms with Gasteiger partial charge in [-0.15, -0.1) is 0 Å². The third kappa shape index (κ3) is 4.99. The Morgan fingerprint density at radius 1 is 0.741 bits per heavy atom. The van der Waals surface area contributed by atoms with Gasteiger partial charge in [0.15, 0.2) is 0 Å². The first kappa shape index (κ1) is 19.8. The molecule has 3 rings (SSSR count). The third-order valence-corrected chi connectivity index (χ3v) is 5.30. The van der Waals surface area contributed by atoms with Crippen molar-refractivity contribution in [3.05, 3.63) is 78.4 Å². The first-order valence-electron chi connectivity index (χ1n) is 7.69. The molecule has 8 heteroatoms. The largest absolute Gasteiger partial charge is 0.507 e. The maximum atomic E-state index is 12.2. The van der Waals surface area contributed by atoms with Crippen LogP contribution in [-0.2, 0) is 9.84 Å². The van der Waals surface area contributed by atoms with Gasteiger partial charge in [-0.1, -0.05) is 12.1 Å². The molecule has 140 valence electrons. The van der Waals surface area contributed by atoms with Gasteiger partial charge in [0.2, 0.25) is 9.84 Å². The summed E-state index contributed by atoms with van der Waals surface area (Å²) in [5, 5.41) is 17.3. The van der Waals surface area contributed by atoms with E-state index in [1.54, 1.807) is 36.4 Å². The smallest absolute Gasteiger partial charge is 0.339 e. The molecule has 3 aromatic rings. The standard InChI is InChI=1S/C12H12N2O2S.C7H6O3/c13-9-1-5-11(6-2-9)17(15,16)12-7-3-10(14)4-8-12;8-6-4-2-1-3-5(6)7(9)10/h1-8H,13-14H2;1-4,8H,(H,9,10). The lowest BCUT2D eigenvalue weighted by molar-refractivity contribution is 0.0693. The lowest BCUT2D eigenvalue weighted by Gasteiger charge is -2.05. The maximum Gasteiger partial charge on any atom is 0.339 e. The number of nitrogens with two attached hydrogens (primary N) is 2. The van der Waals surface area contributed by atoms with Gasteiger partial charge in [0.05, 0.1) is 9.79 Å². The number of aromatic carboxylic acids is 1. The van der Waals surface area contributed by atoms with E-state index in [1.165, 1.54) is 36.4 Å². The van der Waals surface area contributed by atoms with E-state index in [9.17, 15) is 13.2 Å². The van der Waals surface area contributed by atoms with Crippen molar-refractivity contribution in [3.63, 3.8) is 0 Å². The minimum absolute atomic E-state index is 0.0671. The molecule has 0 aliphatic heterocycles. The van der Waals surface area contributed by atoms with Gasteiger partial charge in [-0.3, -0.25) is 0 Å². The third-order valence-electron chi connectivity index (χ3n) is 3.52. The van der Waals surface area contributed by atoms with Crippen LogP contribution in [0.25, 0.3) is 0 Å². The summed E-state index contributed by atoms with van der Waals surface area (Å²) in [6.45, 7) is 0.